The quantitative estimate of drug-likeness (QED) is 0.122. The highest BCUT2D eigenvalue weighted by Gasteiger charge is 2.34. The van der Waals surface area contributed by atoms with Crippen molar-refractivity contribution in [3.63, 3.8) is 0 Å². The van der Waals surface area contributed by atoms with E-state index in [1.54, 1.807) is 34.9 Å². The molecule has 5 rings (SSSR count). The number of amides is 2. The summed E-state index contributed by atoms with van der Waals surface area (Å²) in [7, 11) is 0. The molecule has 44 heavy (non-hydrogen) atoms. The first-order valence-corrected chi connectivity index (χ1v) is 14.9. The lowest BCUT2D eigenvalue weighted by Crippen LogP contribution is -2.35. The zero-order valence-electron chi connectivity index (χ0n) is 22.7. The summed E-state index contributed by atoms with van der Waals surface area (Å²) in [5.41, 5.74) is 0.751. The lowest BCUT2D eigenvalue weighted by molar-refractivity contribution is -0.136. The zero-order chi connectivity index (χ0) is 31.3. The molecule has 0 bridgehead atoms. The Morgan fingerprint density at radius 2 is 1.59 bits per heavy atom. The fourth-order valence-electron chi connectivity index (χ4n) is 4.43. The maximum Gasteiger partial charge on any atom is 0.418 e. The number of para-hydroxylation sites is 1. The molecule has 226 valence electrons. The number of alkyl halides is 3. The van der Waals surface area contributed by atoms with Gasteiger partial charge in [0.1, 0.15) is 5.82 Å². The number of urea groups is 1. The molecule has 2 N–H and O–H groups in total. The first-order chi connectivity index (χ1) is 21.1. The molecule has 1 aromatic heterocycles. The number of benzene rings is 4. The summed E-state index contributed by atoms with van der Waals surface area (Å²) in [5, 5.41) is 15.0. The van der Waals surface area contributed by atoms with Crippen molar-refractivity contribution in [1.82, 2.24) is 20.1 Å². The van der Waals surface area contributed by atoms with Crippen LogP contribution in [0.3, 0.4) is 0 Å². The van der Waals surface area contributed by atoms with E-state index in [2.05, 4.69) is 20.8 Å². The highest BCUT2D eigenvalue weighted by atomic mass is 35.5. The molecule has 0 aliphatic heterocycles. The summed E-state index contributed by atoms with van der Waals surface area (Å²) >= 11 is 14.1. The number of aromatic nitrogens is 3. The molecule has 6 nitrogen and oxygen atoms in total. The fraction of sp³-hybridized carbons (Fsp3) is 0.129. The van der Waals surface area contributed by atoms with Gasteiger partial charge in [0.25, 0.3) is 0 Å². The highest BCUT2D eigenvalue weighted by Crippen LogP contribution is 2.35. The van der Waals surface area contributed by atoms with Crippen LogP contribution in [0.1, 0.15) is 28.6 Å². The molecule has 0 aliphatic rings. The number of carbonyl (C=O) groups excluding carboxylic acids is 1. The smallest absolute Gasteiger partial charge is 0.327 e. The van der Waals surface area contributed by atoms with Crippen molar-refractivity contribution >= 4 is 46.7 Å². The van der Waals surface area contributed by atoms with Gasteiger partial charge in [-0.25, -0.2) is 9.18 Å². The molecule has 1 heterocycles. The minimum Gasteiger partial charge on any atom is -0.327 e. The van der Waals surface area contributed by atoms with Crippen molar-refractivity contribution in [3.8, 4) is 5.69 Å². The van der Waals surface area contributed by atoms with E-state index in [-0.39, 0.29) is 23.1 Å². The number of halogens is 6. The summed E-state index contributed by atoms with van der Waals surface area (Å²) in [5.74, 6) is 0.330. The third-order valence-electron chi connectivity index (χ3n) is 6.47. The van der Waals surface area contributed by atoms with Gasteiger partial charge in [0, 0.05) is 17.2 Å². The number of anilines is 1. The van der Waals surface area contributed by atoms with Crippen LogP contribution in [0.15, 0.2) is 102 Å². The van der Waals surface area contributed by atoms with Crippen LogP contribution in [-0.4, -0.2) is 20.8 Å². The maximum absolute atomic E-state index is 13.6. The van der Waals surface area contributed by atoms with Gasteiger partial charge in [0.15, 0.2) is 11.0 Å². The Balaban J connectivity index is 1.53. The molecule has 0 aliphatic carbocycles. The number of nitrogens with zero attached hydrogens (tertiary/aromatic N) is 3. The first-order valence-electron chi connectivity index (χ1n) is 13.1. The minimum absolute atomic E-state index is 0.223. The largest absolute Gasteiger partial charge is 0.418 e. The monoisotopic (exact) mass is 659 g/mol. The standard InChI is InChI=1S/C31H23Cl2F4N5OS/c32-21-12-15-27(24(33)17-21)42-28(40-41-30(42)44-18-20-10-13-22(34)14-11-20)26(16-19-6-2-1-3-7-19)39-29(43)38-25-9-5-4-8-23(25)31(35,36)37/h1-15,17,26H,16,18H2,(H2,38,39,43). The number of nitrogens with one attached hydrogen (secondary N) is 2. The Labute approximate surface area is 264 Å². The normalized spacial score (nSPS) is 12.1. The Kier molecular flexibility index (Phi) is 9.77. The Morgan fingerprint density at radius 3 is 2.30 bits per heavy atom. The zero-order valence-corrected chi connectivity index (χ0v) is 25.0. The van der Waals surface area contributed by atoms with Crippen molar-refractivity contribution in [1.29, 1.82) is 0 Å². The van der Waals surface area contributed by atoms with E-state index in [9.17, 15) is 22.4 Å². The second kappa shape index (κ2) is 13.7. The molecule has 5 aromatic rings. The van der Waals surface area contributed by atoms with Crippen LogP contribution in [0.5, 0.6) is 0 Å². The molecule has 4 aromatic carbocycles. The molecule has 2 amide bonds. The van der Waals surface area contributed by atoms with Crippen LogP contribution in [0, 0.1) is 5.82 Å². The molecule has 1 unspecified atom stereocenters. The van der Waals surface area contributed by atoms with E-state index in [1.165, 1.54) is 42.1 Å². The third-order valence-corrected chi connectivity index (χ3v) is 8.01. The van der Waals surface area contributed by atoms with Crippen LogP contribution in [0.25, 0.3) is 5.69 Å². The number of carbonyl (C=O) groups is 1. The average molecular weight is 661 g/mol. The molecule has 0 spiro atoms. The van der Waals surface area contributed by atoms with Crippen molar-refractivity contribution < 1.29 is 22.4 Å². The number of rotatable bonds is 9. The molecule has 1 atom stereocenters. The predicted molar refractivity (Wildman–Crippen MR) is 164 cm³/mol. The molecule has 0 saturated heterocycles. The third kappa shape index (κ3) is 7.71. The van der Waals surface area contributed by atoms with Crippen molar-refractivity contribution in [2.45, 2.75) is 29.5 Å². The topological polar surface area (TPSA) is 71.8 Å². The van der Waals surface area contributed by atoms with Gasteiger partial charge in [-0.1, -0.05) is 89.6 Å². The molecular weight excluding hydrogens is 637 g/mol. The molecule has 13 heteroatoms. The summed E-state index contributed by atoms with van der Waals surface area (Å²) in [6.45, 7) is 0. The van der Waals surface area contributed by atoms with Crippen LogP contribution in [0.2, 0.25) is 10.0 Å². The second-order valence-electron chi connectivity index (χ2n) is 9.57. The molecule has 0 saturated carbocycles. The van der Waals surface area contributed by atoms with E-state index in [1.807, 2.05) is 30.3 Å². The van der Waals surface area contributed by atoms with Gasteiger partial charge in [0.2, 0.25) is 0 Å². The molecular formula is C31H23Cl2F4N5OS. The van der Waals surface area contributed by atoms with Crippen LogP contribution in [0.4, 0.5) is 28.0 Å². The lowest BCUT2D eigenvalue weighted by atomic mass is 10.1. The summed E-state index contributed by atoms with van der Waals surface area (Å²) < 4.78 is 55.9. The fourth-order valence-corrected chi connectivity index (χ4v) is 5.83. The van der Waals surface area contributed by atoms with Crippen LogP contribution >= 0.6 is 35.0 Å². The number of hydrogen-bond donors (Lipinski definition) is 2. The highest BCUT2D eigenvalue weighted by molar-refractivity contribution is 7.98. The Bertz CT molecular complexity index is 1750. The van der Waals surface area contributed by atoms with E-state index in [0.717, 1.165) is 17.2 Å². The van der Waals surface area contributed by atoms with Crippen LogP contribution < -0.4 is 10.6 Å². The van der Waals surface area contributed by atoms with Gasteiger partial charge in [-0.3, -0.25) is 4.57 Å². The van der Waals surface area contributed by atoms with Crippen molar-refractivity contribution in [2.24, 2.45) is 0 Å². The van der Waals surface area contributed by atoms with Gasteiger partial charge < -0.3 is 10.6 Å². The van der Waals surface area contributed by atoms with Gasteiger partial charge in [-0.05, 0) is 53.6 Å². The lowest BCUT2D eigenvalue weighted by Gasteiger charge is -2.22. The van der Waals surface area contributed by atoms with E-state index in [4.69, 9.17) is 23.2 Å². The predicted octanol–water partition coefficient (Wildman–Crippen LogP) is 9.13. The Morgan fingerprint density at radius 1 is 0.886 bits per heavy atom. The van der Waals surface area contributed by atoms with Gasteiger partial charge >= 0.3 is 12.2 Å². The van der Waals surface area contributed by atoms with Gasteiger partial charge in [-0.15, -0.1) is 10.2 Å². The van der Waals surface area contributed by atoms with Gasteiger partial charge in [-0.2, -0.15) is 13.2 Å². The van der Waals surface area contributed by atoms with Crippen molar-refractivity contribution in [3.05, 3.63) is 135 Å². The first kappa shape index (κ1) is 31.4. The Hall–Kier alpha value is -4.06. The van der Waals surface area contributed by atoms with E-state index < -0.39 is 29.5 Å². The molecule has 0 fully saturated rings. The average Bonchev–Trinajstić information content (AvgIpc) is 3.40. The summed E-state index contributed by atoms with van der Waals surface area (Å²) in [6.07, 6.45) is -4.45. The minimum atomic E-state index is -4.67. The van der Waals surface area contributed by atoms with Gasteiger partial charge in [0.05, 0.1) is 28.0 Å². The maximum atomic E-state index is 13.6. The van der Waals surface area contributed by atoms with E-state index in [0.29, 0.717) is 21.6 Å². The van der Waals surface area contributed by atoms with E-state index >= 15 is 0 Å². The summed E-state index contributed by atoms with van der Waals surface area (Å²) in [4.78, 5) is 13.2. The molecule has 0 radical (unpaired) electrons. The van der Waals surface area contributed by atoms with Crippen LogP contribution in [-0.2, 0) is 18.3 Å². The summed E-state index contributed by atoms with van der Waals surface area (Å²) in [6, 6.07) is 23.1. The number of thioether (sulfide) groups is 1. The SMILES string of the molecule is O=C(Nc1ccccc1C(F)(F)F)NC(Cc1ccccc1)c1nnc(SCc2ccc(F)cc2)n1-c1ccc(Cl)cc1Cl. The number of hydrogen-bond acceptors (Lipinski definition) is 4. The van der Waals surface area contributed by atoms with Crippen molar-refractivity contribution in [2.75, 3.05) is 5.32 Å². The second-order valence-corrected chi connectivity index (χ2v) is 11.4.